The van der Waals surface area contributed by atoms with Gasteiger partial charge >= 0.3 is 0 Å². The van der Waals surface area contributed by atoms with E-state index in [-0.39, 0.29) is 11.2 Å². The smallest absolute Gasteiger partial charge is 0.222 e. The van der Waals surface area contributed by atoms with Crippen molar-refractivity contribution in [2.45, 2.75) is 58.3 Å². The molecule has 23 heavy (non-hydrogen) atoms. The lowest BCUT2D eigenvalue weighted by molar-refractivity contribution is -0.130. The molecule has 1 spiro atoms. The van der Waals surface area contributed by atoms with Gasteiger partial charge in [-0.3, -0.25) is 4.79 Å². The van der Waals surface area contributed by atoms with E-state index >= 15 is 0 Å². The SMILES string of the molecule is CCCS(=O)(=O)N1CCC2(CCC(=O)N(CC3CC3)CC2)CC1. The molecule has 3 rings (SSSR count). The van der Waals surface area contributed by atoms with Gasteiger partial charge in [0.15, 0.2) is 0 Å². The Hall–Kier alpha value is -0.620. The van der Waals surface area contributed by atoms with E-state index in [0.29, 0.717) is 31.8 Å². The Labute approximate surface area is 140 Å². The topological polar surface area (TPSA) is 57.7 Å². The molecule has 2 saturated heterocycles. The number of hydrogen-bond donors (Lipinski definition) is 0. The molecule has 1 amide bonds. The van der Waals surface area contributed by atoms with Gasteiger partial charge in [0.25, 0.3) is 0 Å². The highest BCUT2D eigenvalue weighted by Crippen LogP contribution is 2.42. The van der Waals surface area contributed by atoms with Crippen molar-refractivity contribution in [1.29, 1.82) is 0 Å². The van der Waals surface area contributed by atoms with Crippen LogP contribution in [0.5, 0.6) is 0 Å². The summed E-state index contributed by atoms with van der Waals surface area (Å²) in [5.74, 6) is 1.32. The van der Waals surface area contributed by atoms with E-state index in [1.807, 2.05) is 6.92 Å². The first kappa shape index (κ1) is 17.2. The normalized spacial score (nSPS) is 26.5. The molecule has 5 nitrogen and oxygen atoms in total. The van der Waals surface area contributed by atoms with Gasteiger partial charge in [0.05, 0.1) is 5.75 Å². The van der Waals surface area contributed by atoms with Crippen LogP contribution in [-0.4, -0.2) is 55.5 Å². The Morgan fingerprint density at radius 3 is 2.35 bits per heavy atom. The zero-order valence-corrected chi connectivity index (χ0v) is 15.1. The molecule has 0 unspecified atom stereocenters. The molecular weight excluding hydrogens is 312 g/mol. The summed E-state index contributed by atoms with van der Waals surface area (Å²) in [6.07, 6.45) is 7.70. The number of carbonyl (C=O) groups is 1. The maximum absolute atomic E-state index is 12.3. The summed E-state index contributed by atoms with van der Waals surface area (Å²) in [6, 6.07) is 0. The largest absolute Gasteiger partial charge is 0.342 e. The third kappa shape index (κ3) is 4.08. The average Bonchev–Trinajstić information content (AvgIpc) is 3.34. The van der Waals surface area contributed by atoms with Crippen LogP contribution in [0.25, 0.3) is 0 Å². The quantitative estimate of drug-likeness (QED) is 0.770. The van der Waals surface area contributed by atoms with Gasteiger partial charge in [-0.2, -0.15) is 0 Å². The molecule has 6 heteroatoms. The lowest BCUT2D eigenvalue weighted by Crippen LogP contribution is -2.44. The van der Waals surface area contributed by atoms with E-state index in [1.54, 1.807) is 4.31 Å². The molecule has 0 N–H and O–H groups in total. The first-order valence-corrected chi connectivity index (χ1v) is 10.8. The first-order valence-electron chi connectivity index (χ1n) is 9.20. The predicted molar refractivity (Wildman–Crippen MR) is 90.5 cm³/mol. The van der Waals surface area contributed by atoms with Gasteiger partial charge in [0.2, 0.25) is 15.9 Å². The number of hydrogen-bond acceptors (Lipinski definition) is 3. The van der Waals surface area contributed by atoms with Crippen molar-refractivity contribution in [2.24, 2.45) is 11.3 Å². The molecule has 3 aliphatic rings. The van der Waals surface area contributed by atoms with Crippen molar-refractivity contribution in [2.75, 3.05) is 31.9 Å². The fourth-order valence-corrected chi connectivity index (χ4v) is 5.60. The third-order valence-corrected chi connectivity index (χ3v) is 8.02. The predicted octanol–water partition coefficient (Wildman–Crippen LogP) is 2.23. The van der Waals surface area contributed by atoms with Crippen LogP contribution in [0.3, 0.4) is 0 Å². The van der Waals surface area contributed by atoms with Gasteiger partial charge in [0, 0.05) is 32.6 Å². The van der Waals surface area contributed by atoms with E-state index in [0.717, 1.165) is 44.7 Å². The second-order valence-electron chi connectivity index (χ2n) is 7.75. The summed E-state index contributed by atoms with van der Waals surface area (Å²) >= 11 is 0. The number of nitrogens with zero attached hydrogens (tertiary/aromatic N) is 2. The van der Waals surface area contributed by atoms with E-state index in [9.17, 15) is 13.2 Å². The number of likely N-dealkylation sites (tertiary alicyclic amines) is 1. The Morgan fingerprint density at radius 1 is 1.09 bits per heavy atom. The molecule has 1 aliphatic carbocycles. The van der Waals surface area contributed by atoms with E-state index in [4.69, 9.17) is 0 Å². The summed E-state index contributed by atoms with van der Waals surface area (Å²) in [7, 11) is -3.07. The number of carbonyl (C=O) groups excluding carboxylic acids is 1. The van der Waals surface area contributed by atoms with Gasteiger partial charge in [-0.05, 0) is 56.3 Å². The number of amides is 1. The van der Waals surface area contributed by atoms with Crippen molar-refractivity contribution >= 4 is 15.9 Å². The second kappa shape index (κ2) is 6.71. The summed E-state index contributed by atoms with van der Waals surface area (Å²) in [6.45, 7) is 5.01. The van der Waals surface area contributed by atoms with Gasteiger partial charge in [0.1, 0.15) is 0 Å². The first-order chi connectivity index (χ1) is 10.9. The molecule has 2 heterocycles. The van der Waals surface area contributed by atoms with E-state index in [1.165, 1.54) is 12.8 Å². The summed E-state index contributed by atoms with van der Waals surface area (Å²) in [5, 5.41) is 0. The molecule has 3 fully saturated rings. The van der Waals surface area contributed by atoms with Gasteiger partial charge in [-0.25, -0.2) is 12.7 Å². The van der Waals surface area contributed by atoms with Crippen LogP contribution in [0.4, 0.5) is 0 Å². The van der Waals surface area contributed by atoms with Crippen LogP contribution in [0.15, 0.2) is 0 Å². The zero-order chi connectivity index (χ0) is 16.5. The highest BCUT2D eigenvalue weighted by molar-refractivity contribution is 7.89. The Bertz CT molecular complexity index is 534. The second-order valence-corrected chi connectivity index (χ2v) is 9.84. The summed E-state index contributed by atoms with van der Waals surface area (Å²) in [4.78, 5) is 14.4. The minimum atomic E-state index is -3.07. The maximum atomic E-state index is 12.3. The molecule has 0 aromatic rings. The van der Waals surface area contributed by atoms with Gasteiger partial charge in [-0.15, -0.1) is 0 Å². The maximum Gasteiger partial charge on any atom is 0.222 e. The highest BCUT2D eigenvalue weighted by atomic mass is 32.2. The number of sulfonamides is 1. The van der Waals surface area contributed by atoms with Crippen LogP contribution >= 0.6 is 0 Å². The fourth-order valence-electron chi connectivity index (χ4n) is 4.08. The minimum Gasteiger partial charge on any atom is -0.342 e. The van der Waals surface area contributed by atoms with Crippen molar-refractivity contribution in [3.8, 4) is 0 Å². The van der Waals surface area contributed by atoms with E-state index < -0.39 is 10.0 Å². The average molecular weight is 343 g/mol. The van der Waals surface area contributed by atoms with Crippen LogP contribution < -0.4 is 0 Å². The minimum absolute atomic E-state index is 0.187. The van der Waals surface area contributed by atoms with Crippen molar-refractivity contribution in [3.63, 3.8) is 0 Å². The number of piperidine rings is 1. The lowest BCUT2D eigenvalue weighted by Gasteiger charge is -2.40. The Balaban J connectivity index is 1.58. The summed E-state index contributed by atoms with van der Waals surface area (Å²) < 4.78 is 26.1. The standard InChI is InChI=1S/C17H30N2O3S/c1-2-13-23(21,22)19-11-8-17(9-12-19)6-5-16(20)18(10-7-17)14-15-3-4-15/h15H,2-14H2,1H3. The van der Waals surface area contributed by atoms with Crippen LogP contribution in [0, 0.1) is 11.3 Å². The molecule has 0 aromatic heterocycles. The molecular formula is C17H30N2O3S. The Kier molecular flexibility index (Phi) is 5.02. The summed E-state index contributed by atoms with van der Waals surface area (Å²) in [5.41, 5.74) is 0.187. The lowest BCUT2D eigenvalue weighted by atomic mass is 9.73. The van der Waals surface area contributed by atoms with Crippen LogP contribution in [-0.2, 0) is 14.8 Å². The molecule has 0 aromatic carbocycles. The van der Waals surface area contributed by atoms with Gasteiger partial charge in [-0.1, -0.05) is 6.92 Å². The van der Waals surface area contributed by atoms with Crippen molar-refractivity contribution < 1.29 is 13.2 Å². The monoisotopic (exact) mass is 342 g/mol. The molecule has 132 valence electrons. The van der Waals surface area contributed by atoms with E-state index in [2.05, 4.69) is 4.90 Å². The fraction of sp³-hybridized carbons (Fsp3) is 0.941. The zero-order valence-electron chi connectivity index (χ0n) is 14.3. The molecule has 0 bridgehead atoms. The molecule has 0 atom stereocenters. The van der Waals surface area contributed by atoms with Crippen molar-refractivity contribution in [1.82, 2.24) is 9.21 Å². The van der Waals surface area contributed by atoms with Crippen LogP contribution in [0.1, 0.15) is 58.3 Å². The highest BCUT2D eigenvalue weighted by Gasteiger charge is 2.40. The van der Waals surface area contributed by atoms with Gasteiger partial charge < -0.3 is 4.90 Å². The molecule has 1 saturated carbocycles. The third-order valence-electron chi connectivity index (χ3n) is 5.95. The van der Waals surface area contributed by atoms with Crippen LogP contribution in [0.2, 0.25) is 0 Å². The van der Waals surface area contributed by atoms with Crippen molar-refractivity contribution in [3.05, 3.63) is 0 Å². The molecule has 0 radical (unpaired) electrons. The Morgan fingerprint density at radius 2 is 1.74 bits per heavy atom. The molecule has 2 aliphatic heterocycles. The number of rotatable bonds is 5.